The first-order chi connectivity index (χ1) is 15.8. The van der Waals surface area contributed by atoms with E-state index in [4.69, 9.17) is 0 Å². The molecule has 0 radical (unpaired) electrons. The number of halogens is 1. The van der Waals surface area contributed by atoms with E-state index in [-0.39, 0.29) is 5.82 Å². The van der Waals surface area contributed by atoms with Gasteiger partial charge in [0.2, 0.25) is 0 Å². The molecule has 5 aromatic rings. The summed E-state index contributed by atoms with van der Waals surface area (Å²) in [4.78, 5) is 0. The van der Waals surface area contributed by atoms with E-state index < -0.39 is 7.26 Å². The van der Waals surface area contributed by atoms with E-state index in [0.29, 0.717) is 0 Å². The van der Waals surface area contributed by atoms with Crippen LogP contribution in [0.1, 0.15) is 6.42 Å². The van der Waals surface area contributed by atoms with Crippen LogP contribution < -0.4 is 15.9 Å². The number of aromatic nitrogens is 1. The number of rotatable bonds is 7. The molecule has 4 aromatic carbocycles. The van der Waals surface area contributed by atoms with Gasteiger partial charge in [0.15, 0.2) is 0 Å². The van der Waals surface area contributed by atoms with Crippen LogP contribution in [0.2, 0.25) is 0 Å². The zero-order chi connectivity index (χ0) is 21.8. The molecule has 0 amide bonds. The summed E-state index contributed by atoms with van der Waals surface area (Å²) in [7, 11) is -1.81. The molecule has 5 rings (SSSR count). The molecule has 0 spiro atoms. The first-order valence-corrected chi connectivity index (χ1v) is 13.0. The normalized spacial score (nSPS) is 11.7. The van der Waals surface area contributed by atoms with Crippen LogP contribution in [-0.4, -0.2) is 10.7 Å². The highest BCUT2D eigenvalue weighted by Gasteiger charge is 2.44. The van der Waals surface area contributed by atoms with Crippen molar-refractivity contribution in [2.24, 2.45) is 0 Å². The predicted octanol–water partition coefficient (Wildman–Crippen LogP) is 6.16. The number of nitrogens with zero attached hydrogens (tertiary/aromatic N) is 1. The van der Waals surface area contributed by atoms with Crippen molar-refractivity contribution >= 4 is 34.1 Å². The Morgan fingerprint density at radius 3 is 1.69 bits per heavy atom. The zero-order valence-corrected chi connectivity index (χ0v) is 18.8. The first-order valence-electron chi connectivity index (χ1n) is 11.1. The quantitative estimate of drug-likeness (QED) is 0.268. The minimum Gasteiger partial charge on any atom is -0.347 e. The van der Waals surface area contributed by atoms with Crippen molar-refractivity contribution < 1.29 is 4.39 Å². The molecule has 0 fully saturated rings. The smallest absolute Gasteiger partial charge is 0.123 e. The number of aryl methyl sites for hydroxylation is 1. The van der Waals surface area contributed by atoms with Crippen LogP contribution in [0.3, 0.4) is 0 Å². The van der Waals surface area contributed by atoms with Crippen LogP contribution in [-0.2, 0) is 6.54 Å². The van der Waals surface area contributed by atoms with Gasteiger partial charge in [-0.25, -0.2) is 4.39 Å². The van der Waals surface area contributed by atoms with Crippen LogP contribution in [0.15, 0.2) is 121 Å². The average Bonchev–Trinajstić information content (AvgIpc) is 3.25. The molecule has 0 atom stereocenters. The lowest BCUT2D eigenvalue weighted by Crippen LogP contribution is -2.33. The molecule has 0 aliphatic rings. The van der Waals surface area contributed by atoms with Gasteiger partial charge in [-0.15, -0.1) is 0 Å². The molecule has 0 saturated carbocycles. The van der Waals surface area contributed by atoms with Gasteiger partial charge in [0, 0.05) is 30.1 Å². The van der Waals surface area contributed by atoms with Crippen molar-refractivity contribution in [1.29, 1.82) is 0 Å². The Kier molecular flexibility index (Phi) is 5.88. The second-order valence-corrected chi connectivity index (χ2v) is 11.7. The van der Waals surface area contributed by atoms with Crippen LogP contribution in [0.5, 0.6) is 0 Å². The summed E-state index contributed by atoms with van der Waals surface area (Å²) in [6.45, 7) is 0.906. The van der Waals surface area contributed by atoms with Crippen molar-refractivity contribution in [3.8, 4) is 0 Å². The molecular weight excluding hydrogens is 412 g/mol. The van der Waals surface area contributed by atoms with E-state index in [1.807, 2.05) is 12.1 Å². The van der Waals surface area contributed by atoms with Crippen LogP contribution >= 0.6 is 7.26 Å². The van der Waals surface area contributed by atoms with Gasteiger partial charge in [-0.3, -0.25) is 0 Å². The molecule has 1 heterocycles. The number of fused-ring (bicyclic) bond motifs is 1. The Balaban J connectivity index is 1.55. The summed E-state index contributed by atoms with van der Waals surface area (Å²) >= 11 is 0. The lowest BCUT2D eigenvalue weighted by atomic mass is 10.2. The largest absolute Gasteiger partial charge is 0.347 e. The summed E-state index contributed by atoms with van der Waals surface area (Å²) in [6.07, 6.45) is 4.19. The fraction of sp³-hybridized carbons (Fsp3) is 0.103. The maximum Gasteiger partial charge on any atom is 0.123 e. The van der Waals surface area contributed by atoms with E-state index in [1.165, 1.54) is 15.9 Å². The average molecular weight is 439 g/mol. The Bertz CT molecular complexity index is 1200. The highest BCUT2D eigenvalue weighted by Crippen LogP contribution is 2.55. The standard InChI is InChI=1S/C29H26FNP/c30-25-17-18-29-24(23-25)19-21-31(29)20-10-22-32(26-11-4-1-5-12-26,27-13-6-2-7-14-27)28-15-8-3-9-16-28/h1-9,11-19,21,23H,10,20,22H2/q+1. The Morgan fingerprint density at radius 2 is 1.16 bits per heavy atom. The third-order valence-corrected chi connectivity index (χ3v) is 10.7. The molecular formula is C29H26FNP+. The molecule has 3 heteroatoms. The fourth-order valence-electron chi connectivity index (χ4n) is 4.73. The van der Waals surface area contributed by atoms with Gasteiger partial charge in [0.05, 0.1) is 6.16 Å². The number of benzene rings is 4. The van der Waals surface area contributed by atoms with Gasteiger partial charge < -0.3 is 4.57 Å². The lowest BCUT2D eigenvalue weighted by Gasteiger charge is -2.28. The zero-order valence-electron chi connectivity index (χ0n) is 17.9. The third-order valence-electron chi connectivity index (χ3n) is 6.22. The van der Waals surface area contributed by atoms with E-state index in [0.717, 1.165) is 30.0 Å². The van der Waals surface area contributed by atoms with Gasteiger partial charge in [-0.1, -0.05) is 54.6 Å². The lowest BCUT2D eigenvalue weighted by molar-refractivity contribution is 0.629. The summed E-state index contributed by atoms with van der Waals surface area (Å²) in [5, 5.41) is 5.20. The molecule has 0 aliphatic carbocycles. The summed E-state index contributed by atoms with van der Waals surface area (Å²) in [5.74, 6) is -0.183. The maximum absolute atomic E-state index is 13.6. The molecule has 0 saturated heterocycles. The van der Waals surface area contributed by atoms with Crippen molar-refractivity contribution in [1.82, 2.24) is 4.57 Å². The third kappa shape index (κ3) is 3.87. The molecule has 1 aromatic heterocycles. The Morgan fingerprint density at radius 1 is 0.625 bits per heavy atom. The molecule has 0 N–H and O–H groups in total. The van der Waals surface area contributed by atoms with Gasteiger partial charge in [-0.2, -0.15) is 0 Å². The minimum absolute atomic E-state index is 0.183. The second-order valence-electron chi connectivity index (χ2n) is 8.11. The molecule has 32 heavy (non-hydrogen) atoms. The predicted molar refractivity (Wildman–Crippen MR) is 137 cm³/mol. The topological polar surface area (TPSA) is 4.93 Å². The van der Waals surface area contributed by atoms with Gasteiger partial charge >= 0.3 is 0 Å². The SMILES string of the molecule is Fc1ccc2c(ccn2CCC[P+](c2ccccc2)(c2ccccc2)c2ccccc2)c1. The molecule has 158 valence electrons. The highest BCUT2D eigenvalue weighted by molar-refractivity contribution is 7.95. The first kappa shape index (κ1) is 20.7. The van der Waals surface area contributed by atoms with E-state index in [2.05, 4.69) is 102 Å². The maximum atomic E-state index is 13.6. The number of hydrogen-bond acceptors (Lipinski definition) is 0. The minimum atomic E-state index is -1.81. The Hall–Kier alpha value is -3.22. The van der Waals surface area contributed by atoms with E-state index in [9.17, 15) is 4.39 Å². The van der Waals surface area contributed by atoms with E-state index in [1.54, 1.807) is 12.1 Å². The van der Waals surface area contributed by atoms with Crippen molar-refractivity contribution in [2.45, 2.75) is 13.0 Å². The number of hydrogen-bond donors (Lipinski definition) is 0. The summed E-state index contributed by atoms with van der Waals surface area (Å²) < 4.78 is 15.9. The molecule has 0 aliphatic heterocycles. The van der Waals surface area contributed by atoms with Crippen LogP contribution in [0, 0.1) is 5.82 Å². The second kappa shape index (κ2) is 9.10. The van der Waals surface area contributed by atoms with Gasteiger partial charge in [-0.05, 0) is 60.7 Å². The highest BCUT2D eigenvalue weighted by atomic mass is 31.2. The monoisotopic (exact) mass is 438 g/mol. The molecule has 1 nitrogen and oxygen atoms in total. The van der Waals surface area contributed by atoms with Gasteiger partial charge in [0.25, 0.3) is 0 Å². The van der Waals surface area contributed by atoms with Crippen molar-refractivity contribution in [3.63, 3.8) is 0 Å². The molecule has 0 bridgehead atoms. The van der Waals surface area contributed by atoms with Crippen molar-refractivity contribution in [2.75, 3.05) is 6.16 Å². The van der Waals surface area contributed by atoms with Crippen LogP contribution in [0.25, 0.3) is 10.9 Å². The summed E-state index contributed by atoms with van der Waals surface area (Å²) in [6, 6.07) is 40.0. The van der Waals surface area contributed by atoms with Gasteiger partial charge in [0.1, 0.15) is 29.0 Å². The fourth-order valence-corrected chi connectivity index (χ4v) is 9.05. The summed E-state index contributed by atoms with van der Waals surface area (Å²) in [5.41, 5.74) is 1.09. The Labute approximate surface area is 189 Å². The molecule has 0 unspecified atom stereocenters. The van der Waals surface area contributed by atoms with E-state index >= 15 is 0 Å². The van der Waals surface area contributed by atoms with Crippen molar-refractivity contribution in [3.05, 3.63) is 127 Å². The van der Waals surface area contributed by atoms with Crippen LogP contribution in [0.4, 0.5) is 4.39 Å².